The molecule has 1 unspecified atom stereocenters. The van der Waals surface area contributed by atoms with Gasteiger partial charge in [0.15, 0.2) is 16.6 Å². The van der Waals surface area contributed by atoms with Crippen molar-refractivity contribution in [3.05, 3.63) is 21.7 Å². The fourth-order valence-corrected chi connectivity index (χ4v) is 6.58. The van der Waals surface area contributed by atoms with Crippen molar-refractivity contribution in [2.45, 2.75) is 103 Å². The second kappa shape index (κ2) is 8.77. The molecule has 2 aliphatic heterocycles. The van der Waals surface area contributed by atoms with E-state index in [0.717, 1.165) is 25.2 Å². The van der Waals surface area contributed by atoms with Gasteiger partial charge in [-0.2, -0.15) is 4.98 Å². The Morgan fingerprint density at radius 2 is 1.58 bits per heavy atom. The van der Waals surface area contributed by atoms with Gasteiger partial charge in [-0.15, -0.1) is 0 Å². The standard InChI is InChI=1S/C24H44ClN3O3Si2/c1-22(2,3)32(7,8)30-16-24(17-31-33(9,10)23(4,5)6)11-12-27-18(14-24)15-28-20(27)13-19(25)26-21(28)29/h13,18H,11-12,14-17H2,1-10H3. The van der Waals surface area contributed by atoms with Gasteiger partial charge < -0.3 is 13.8 Å². The highest BCUT2D eigenvalue weighted by molar-refractivity contribution is 6.74. The molecule has 0 N–H and O–H groups in total. The molecule has 0 saturated carbocycles. The van der Waals surface area contributed by atoms with Crippen LogP contribution in [0.4, 0.5) is 5.82 Å². The molecule has 1 atom stereocenters. The van der Waals surface area contributed by atoms with Gasteiger partial charge in [0.25, 0.3) is 0 Å². The quantitative estimate of drug-likeness (QED) is 0.349. The van der Waals surface area contributed by atoms with Crippen LogP contribution in [0.1, 0.15) is 54.4 Å². The summed E-state index contributed by atoms with van der Waals surface area (Å²) >= 11 is 6.12. The summed E-state index contributed by atoms with van der Waals surface area (Å²) in [6.07, 6.45) is 1.91. The maximum Gasteiger partial charge on any atom is 0.350 e. The van der Waals surface area contributed by atoms with E-state index in [2.05, 4.69) is 77.6 Å². The fraction of sp³-hybridized carbons (Fsp3) is 0.833. The Kier molecular flexibility index (Phi) is 7.15. The van der Waals surface area contributed by atoms with Gasteiger partial charge in [0, 0.05) is 43.8 Å². The van der Waals surface area contributed by atoms with Crippen molar-refractivity contribution in [3.8, 4) is 0 Å². The van der Waals surface area contributed by atoms with Gasteiger partial charge in [-0.1, -0.05) is 53.1 Å². The van der Waals surface area contributed by atoms with Gasteiger partial charge in [0.1, 0.15) is 11.0 Å². The number of aromatic nitrogens is 2. The molecule has 0 radical (unpaired) electrons. The van der Waals surface area contributed by atoms with Crippen LogP contribution in [0.2, 0.25) is 41.4 Å². The Balaban J connectivity index is 1.86. The monoisotopic (exact) mass is 513 g/mol. The van der Waals surface area contributed by atoms with Crippen molar-refractivity contribution in [2.24, 2.45) is 5.41 Å². The second-order valence-corrected chi connectivity index (χ2v) is 23.2. The van der Waals surface area contributed by atoms with E-state index in [1.54, 1.807) is 4.57 Å². The molecule has 6 nitrogen and oxygen atoms in total. The van der Waals surface area contributed by atoms with Crippen LogP contribution in [0, 0.1) is 5.41 Å². The minimum absolute atomic E-state index is 0.0604. The fourth-order valence-electron chi connectivity index (χ4n) is 4.21. The first-order chi connectivity index (χ1) is 14.9. The largest absolute Gasteiger partial charge is 0.416 e. The number of hydrogen-bond donors (Lipinski definition) is 0. The average Bonchev–Trinajstić information content (AvgIpc) is 3.01. The summed E-state index contributed by atoms with van der Waals surface area (Å²) in [5.74, 6) is 0.897. The van der Waals surface area contributed by atoms with Crippen LogP contribution in [-0.2, 0) is 15.4 Å². The van der Waals surface area contributed by atoms with Crippen molar-refractivity contribution in [1.82, 2.24) is 9.55 Å². The Labute approximate surface area is 207 Å². The summed E-state index contributed by atoms with van der Waals surface area (Å²) in [6.45, 7) is 26.0. The van der Waals surface area contributed by atoms with Crippen molar-refractivity contribution in [1.29, 1.82) is 0 Å². The Hall–Kier alpha value is -0.676. The lowest BCUT2D eigenvalue weighted by Crippen LogP contribution is -2.54. The maximum absolute atomic E-state index is 12.5. The number of nitrogens with zero attached hydrogens (tertiary/aromatic N) is 3. The lowest BCUT2D eigenvalue weighted by molar-refractivity contribution is 0.0327. The smallest absolute Gasteiger partial charge is 0.350 e. The minimum Gasteiger partial charge on any atom is -0.416 e. The van der Waals surface area contributed by atoms with Gasteiger partial charge in [-0.05, 0) is 49.1 Å². The predicted molar refractivity (Wildman–Crippen MR) is 143 cm³/mol. The molecule has 9 heteroatoms. The third-order valence-electron chi connectivity index (χ3n) is 8.73. The highest BCUT2D eigenvalue weighted by Crippen LogP contribution is 2.45. The van der Waals surface area contributed by atoms with E-state index in [-0.39, 0.29) is 32.4 Å². The molecule has 1 aromatic rings. The normalized spacial score (nSPS) is 21.2. The van der Waals surface area contributed by atoms with Gasteiger partial charge in [0.05, 0.1) is 0 Å². The summed E-state index contributed by atoms with van der Waals surface area (Å²) in [6, 6.07) is 2.06. The average molecular weight is 514 g/mol. The van der Waals surface area contributed by atoms with Crippen molar-refractivity contribution in [3.63, 3.8) is 0 Å². The van der Waals surface area contributed by atoms with Crippen molar-refractivity contribution >= 4 is 34.1 Å². The topological polar surface area (TPSA) is 56.6 Å². The van der Waals surface area contributed by atoms with Crippen LogP contribution in [0.25, 0.3) is 0 Å². The number of halogens is 1. The molecule has 33 heavy (non-hydrogen) atoms. The molecule has 1 saturated heterocycles. The minimum atomic E-state index is -1.90. The molecule has 1 fully saturated rings. The summed E-state index contributed by atoms with van der Waals surface area (Å²) in [7, 11) is -3.80. The molecule has 3 heterocycles. The molecule has 3 rings (SSSR count). The molecule has 0 spiro atoms. The van der Waals surface area contributed by atoms with E-state index in [4.69, 9.17) is 20.5 Å². The SMILES string of the molecule is CC(C)(C)[Si](C)(C)OCC1(CO[Si](C)(C)C(C)(C)C)CCN2c3cc(Cl)nc(=O)n3CC2C1. The lowest BCUT2D eigenvalue weighted by Gasteiger charge is -2.48. The van der Waals surface area contributed by atoms with E-state index < -0.39 is 16.6 Å². The van der Waals surface area contributed by atoms with Crippen LogP contribution >= 0.6 is 11.6 Å². The Morgan fingerprint density at radius 1 is 1.06 bits per heavy atom. The number of anilines is 1. The Morgan fingerprint density at radius 3 is 2.06 bits per heavy atom. The first-order valence-corrected chi connectivity index (χ1v) is 18.4. The molecule has 0 amide bonds. The van der Waals surface area contributed by atoms with Crippen LogP contribution < -0.4 is 10.6 Å². The second-order valence-electron chi connectivity index (χ2n) is 13.2. The van der Waals surface area contributed by atoms with Crippen LogP contribution in [0.5, 0.6) is 0 Å². The highest BCUT2D eigenvalue weighted by atomic mass is 35.5. The number of fused-ring (bicyclic) bond motifs is 3. The predicted octanol–water partition coefficient (Wildman–Crippen LogP) is 5.91. The molecule has 1 aromatic heterocycles. The van der Waals surface area contributed by atoms with Gasteiger partial charge in [-0.3, -0.25) is 4.57 Å². The first kappa shape index (κ1) is 26.9. The number of hydrogen-bond acceptors (Lipinski definition) is 5. The van der Waals surface area contributed by atoms with E-state index in [9.17, 15) is 4.79 Å². The zero-order valence-electron chi connectivity index (χ0n) is 22.3. The van der Waals surface area contributed by atoms with Crippen LogP contribution in [0.3, 0.4) is 0 Å². The molecule has 0 bridgehead atoms. The summed E-state index contributed by atoms with van der Waals surface area (Å²) < 4.78 is 15.4. The molecule has 188 valence electrons. The summed E-state index contributed by atoms with van der Waals surface area (Å²) in [4.78, 5) is 18.8. The molecular weight excluding hydrogens is 470 g/mol. The third kappa shape index (κ3) is 5.45. The van der Waals surface area contributed by atoms with Crippen LogP contribution in [-0.4, -0.2) is 52.0 Å². The van der Waals surface area contributed by atoms with E-state index >= 15 is 0 Å². The summed E-state index contributed by atoms with van der Waals surface area (Å²) in [5.41, 5.74) is -0.317. The Bertz CT molecular complexity index is 904. The van der Waals surface area contributed by atoms with E-state index in [0.29, 0.717) is 19.8 Å². The number of piperidine rings is 1. The molecule has 2 aliphatic rings. The summed E-state index contributed by atoms with van der Waals surface area (Å²) in [5, 5.41) is 0.592. The van der Waals surface area contributed by atoms with E-state index in [1.165, 1.54) is 0 Å². The zero-order chi connectivity index (χ0) is 25.0. The van der Waals surface area contributed by atoms with Crippen LogP contribution in [0.15, 0.2) is 10.9 Å². The third-order valence-corrected chi connectivity index (χ3v) is 17.9. The molecule has 0 aliphatic carbocycles. The van der Waals surface area contributed by atoms with Crippen molar-refractivity contribution < 1.29 is 8.85 Å². The van der Waals surface area contributed by atoms with Gasteiger partial charge >= 0.3 is 5.69 Å². The highest BCUT2D eigenvalue weighted by Gasteiger charge is 2.48. The maximum atomic E-state index is 12.5. The van der Waals surface area contributed by atoms with Gasteiger partial charge in [0.2, 0.25) is 0 Å². The zero-order valence-corrected chi connectivity index (χ0v) is 25.1. The van der Waals surface area contributed by atoms with E-state index in [1.807, 2.05) is 6.07 Å². The van der Waals surface area contributed by atoms with Crippen molar-refractivity contribution in [2.75, 3.05) is 24.7 Å². The molecule has 0 aromatic carbocycles. The first-order valence-electron chi connectivity index (χ1n) is 12.2. The number of rotatable bonds is 6. The lowest BCUT2D eigenvalue weighted by atomic mass is 9.77. The van der Waals surface area contributed by atoms with Gasteiger partial charge in [-0.25, -0.2) is 4.79 Å². The molecular formula is C24H44ClN3O3Si2.